The zero-order valence-electron chi connectivity index (χ0n) is 17.9. The summed E-state index contributed by atoms with van der Waals surface area (Å²) in [5.41, 5.74) is 3.73. The molecular formula is C22H22ClN7O3. The number of phenolic OH excluding ortho intramolecular Hbond substituents is 1. The summed E-state index contributed by atoms with van der Waals surface area (Å²) in [4.78, 5) is 28.9. The van der Waals surface area contributed by atoms with E-state index in [0.29, 0.717) is 54.3 Å². The second-order valence-electron chi connectivity index (χ2n) is 7.93. The van der Waals surface area contributed by atoms with Crippen LogP contribution in [0.5, 0.6) is 5.75 Å². The quantitative estimate of drug-likeness (QED) is 0.409. The Hall–Kier alpha value is -3.63. The van der Waals surface area contributed by atoms with Crippen molar-refractivity contribution in [2.24, 2.45) is 0 Å². The summed E-state index contributed by atoms with van der Waals surface area (Å²) in [5.74, 6) is 1.06. The van der Waals surface area contributed by atoms with E-state index < -0.39 is 0 Å². The molecule has 3 aromatic heterocycles. The molecule has 10 nitrogen and oxygen atoms in total. The first-order valence-electron chi connectivity index (χ1n) is 10.5. The smallest absolute Gasteiger partial charge is 0.240 e. The van der Waals surface area contributed by atoms with E-state index in [4.69, 9.17) is 16.1 Å². The van der Waals surface area contributed by atoms with Crippen molar-refractivity contribution in [1.82, 2.24) is 25.0 Å². The van der Waals surface area contributed by atoms with Crippen molar-refractivity contribution in [2.45, 2.75) is 6.92 Å². The Morgan fingerprint density at radius 1 is 1.24 bits per heavy atom. The van der Waals surface area contributed by atoms with Gasteiger partial charge in [0.1, 0.15) is 17.1 Å². The van der Waals surface area contributed by atoms with Gasteiger partial charge in [0.25, 0.3) is 0 Å². The molecule has 1 aliphatic heterocycles. The number of pyridine rings is 1. The Morgan fingerprint density at radius 2 is 2.00 bits per heavy atom. The zero-order valence-corrected chi connectivity index (χ0v) is 18.6. The van der Waals surface area contributed by atoms with Gasteiger partial charge in [0, 0.05) is 37.8 Å². The standard InChI is InChI=1S/C22H22ClN7O3/c1-13-10-18(33-28-13)25-17(32)12-29-6-8-30(9-7-29)20-16(23)11-24-22-19(20)26-21(27-22)14-2-4-15(31)5-3-14/h2-5,10-11,31H,6-9,12H2,1H3,(H,25,32)(H,24,26,27). The summed E-state index contributed by atoms with van der Waals surface area (Å²) in [5, 5.41) is 16.6. The number of amides is 1. The molecule has 0 unspecified atom stereocenters. The number of hydrogen-bond acceptors (Lipinski definition) is 8. The molecule has 4 heterocycles. The lowest BCUT2D eigenvalue weighted by Gasteiger charge is -2.36. The third kappa shape index (κ3) is 4.48. The van der Waals surface area contributed by atoms with Gasteiger partial charge in [0.05, 0.1) is 29.1 Å². The molecule has 0 spiro atoms. The number of aromatic hydroxyl groups is 1. The van der Waals surface area contributed by atoms with Gasteiger partial charge in [-0.1, -0.05) is 16.8 Å². The second-order valence-corrected chi connectivity index (χ2v) is 8.34. The molecule has 1 fully saturated rings. The molecule has 0 radical (unpaired) electrons. The molecule has 0 aliphatic carbocycles. The van der Waals surface area contributed by atoms with Crippen LogP contribution in [0.25, 0.3) is 22.6 Å². The number of H-pyrrole nitrogens is 1. The summed E-state index contributed by atoms with van der Waals surface area (Å²) in [6.45, 7) is 4.85. The van der Waals surface area contributed by atoms with Gasteiger partial charge in [0.15, 0.2) is 5.65 Å². The van der Waals surface area contributed by atoms with E-state index in [9.17, 15) is 9.90 Å². The second kappa shape index (κ2) is 8.72. The Balaban J connectivity index is 1.29. The molecular weight excluding hydrogens is 446 g/mol. The number of carbonyl (C=O) groups is 1. The van der Waals surface area contributed by atoms with Gasteiger partial charge in [-0.05, 0) is 31.2 Å². The molecule has 0 saturated carbocycles. The average molecular weight is 468 g/mol. The molecule has 33 heavy (non-hydrogen) atoms. The number of nitrogens with zero attached hydrogens (tertiary/aromatic N) is 5. The highest BCUT2D eigenvalue weighted by atomic mass is 35.5. The number of halogens is 1. The Morgan fingerprint density at radius 3 is 2.70 bits per heavy atom. The zero-order chi connectivity index (χ0) is 22.9. The monoisotopic (exact) mass is 467 g/mol. The van der Waals surface area contributed by atoms with E-state index in [0.717, 1.165) is 16.8 Å². The summed E-state index contributed by atoms with van der Waals surface area (Å²) in [6.07, 6.45) is 1.61. The van der Waals surface area contributed by atoms with Gasteiger partial charge in [-0.25, -0.2) is 9.97 Å². The van der Waals surface area contributed by atoms with E-state index >= 15 is 0 Å². The molecule has 3 N–H and O–H groups in total. The minimum Gasteiger partial charge on any atom is -0.508 e. The predicted octanol–water partition coefficient (Wildman–Crippen LogP) is 3.04. The third-order valence-electron chi connectivity index (χ3n) is 5.53. The third-order valence-corrected chi connectivity index (χ3v) is 5.81. The SMILES string of the molecule is Cc1cc(NC(=O)CN2CCN(c3c(Cl)cnc4nc(-c5ccc(O)cc5)[nH]c34)CC2)on1. The molecule has 1 saturated heterocycles. The van der Waals surface area contributed by atoms with Crippen molar-refractivity contribution in [3.63, 3.8) is 0 Å². The highest BCUT2D eigenvalue weighted by molar-refractivity contribution is 6.34. The number of rotatable bonds is 5. The fraction of sp³-hybridized carbons (Fsp3) is 0.273. The van der Waals surface area contributed by atoms with Crippen LogP contribution in [-0.2, 0) is 4.79 Å². The number of benzene rings is 1. The van der Waals surface area contributed by atoms with Crippen molar-refractivity contribution in [2.75, 3.05) is 42.9 Å². The summed E-state index contributed by atoms with van der Waals surface area (Å²) in [7, 11) is 0. The minimum atomic E-state index is -0.143. The summed E-state index contributed by atoms with van der Waals surface area (Å²) >= 11 is 6.55. The molecule has 1 aromatic carbocycles. The number of aromatic amines is 1. The lowest BCUT2D eigenvalue weighted by atomic mass is 10.2. The van der Waals surface area contributed by atoms with Crippen molar-refractivity contribution >= 4 is 40.2 Å². The van der Waals surface area contributed by atoms with Crippen LogP contribution < -0.4 is 10.2 Å². The van der Waals surface area contributed by atoms with Crippen LogP contribution in [0, 0.1) is 6.92 Å². The number of aryl methyl sites for hydroxylation is 1. The first-order valence-corrected chi connectivity index (χ1v) is 10.9. The Bertz CT molecular complexity index is 1290. The van der Waals surface area contributed by atoms with Gasteiger partial charge in [0.2, 0.25) is 11.8 Å². The van der Waals surface area contributed by atoms with E-state index in [-0.39, 0.29) is 18.2 Å². The molecule has 4 aromatic rings. The van der Waals surface area contributed by atoms with Crippen LogP contribution in [0.2, 0.25) is 5.02 Å². The lowest BCUT2D eigenvalue weighted by molar-refractivity contribution is -0.117. The molecule has 11 heteroatoms. The van der Waals surface area contributed by atoms with Crippen molar-refractivity contribution in [3.8, 4) is 17.1 Å². The fourth-order valence-corrected chi connectivity index (χ4v) is 4.18. The first kappa shape index (κ1) is 21.2. The van der Waals surface area contributed by atoms with Crippen molar-refractivity contribution < 1.29 is 14.4 Å². The van der Waals surface area contributed by atoms with Gasteiger partial charge >= 0.3 is 0 Å². The number of carbonyl (C=O) groups excluding carboxylic acids is 1. The number of nitrogens with one attached hydrogen (secondary N) is 2. The highest BCUT2D eigenvalue weighted by Gasteiger charge is 2.24. The first-order chi connectivity index (χ1) is 16.0. The molecule has 170 valence electrons. The predicted molar refractivity (Wildman–Crippen MR) is 125 cm³/mol. The van der Waals surface area contributed by atoms with Crippen LogP contribution in [-0.4, -0.2) is 68.7 Å². The minimum absolute atomic E-state index is 0.143. The number of fused-ring (bicyclic) bond motifs is 1. The molecule has 5 rings (SSSR count). The maximum atomic E-state index is 12.3. The van der Waals surface area contributed by atoms with E-state index in [1.807, 2.05) is 0 Å². The van der Waals surface area contributed by atoms with Crippen LogP contribution in [0.3, 0.4) is 0 Å². The van der Waals surface area contributed by atoms with Crippen LogP contribution in [0.4, 0.5) is 11.6 Å². The van der Waals surface area contributed by atoms with E-state index in [2.05, 4.69) is 35.2 Å². The number of phenols is 1. The highest BCUT2D eigenvalue weighted by Crippen LogP contribution is 2.34. The largest absolute Gasteiger partial charge is 0.508 e. The number of hydrogen-bond donors (Lipinski definition) is 3. The maximum Gasteiger partial charge on any atom is 0.240 e. The molecule has 1 amide bonds. The Kier molecular flexibility index (Phi) is 5.61. The van der Waals surface area contributed by atoms with Gasteiger partial charge in [-0.2, -0.15) is 0 Å². The van der Waals surface area contributed by atoms with Crippen LogP contribution >= 0.6 is 11.6 Å². The van der Waals surface area contributed by atoms with Gasteiger partial charge in [-0.15, -0.1) is 0 Å². The van der Waals surface area contributed by atoms with Gasteiger partial charge in [-0.3, -0.25) is 15.0 Å². The maximum absolute atomic E-state index is 12.3. The molecule has 1 aliphatic rings. The number of piperazine rings is 1. The summed E-state index contributed by atoms with van der Waals surface area (Å²) in [6, 6.07) is 8.49. The summed E-state index contributed by atoms with van der Waals surface area (Å²) < 4.78 is 5.04. The van der Waals surface area contributed by atoms with Gasteiger partial charge < -0.3 is 19.5 Å². The van der Waals surface area contributed by atoms with E-state index in [1.165, 1.54) is 0 Å². The van der Waals surface area contributed by atoms with E-state index in [1.54, 1.807) is 43.5 Å². The van der Waals surface area contributed by atoms with Crippen molar-refractivity contribution in [3.05, 3.63) is 47.2 Å². The Labute approximate surface area is 194 Å². The fourth-order valence-electron chi connectivity index (χ4n) is 3.92. The van der Waals surface area contributed by atoms with Crippen LogP contribution in [0.1, 0.15) is 5.69 Å². The molecule has 0 atom stereocenters. The normalized spacial score (nSPS) is 14.7. The number of anilines is 2. The lowest BCUT2D eigenvalue weighted by Crippen LogP contribution is -2.48. The topological polar surface area (TPSA) is 123 Å². The average Bonchev–Trinajstić information content (AvgIpc) is 3.41. The van der Waals surface area contributed by atoms with Crippen LogP contribution in [0.15, 0.2) is 41.1 Å². The molecule has 0 bridgehead atoms. The number of imidazole rings is 1. The number of aromatic nitrogens is 4. The van der Waals surface area contributed by atoms with Crippen molar-refractivity contribution in [1.29, 1.82) is 0 Å².